The number of ether oxygens (including phenoxy) is 1. The highest BCUT2D eigenvalue weighted by molar-refractivity contribution is 6.31. The monoisotopic (exact) mass is 189 g/mol. The summed E-state index contributed by atoms with van der Waals surface area (Å²) in [6.45, 7) is 3.03. The molecule has 0 unspecified atom stereocenters. The first kappa shape index (κ1) is 11.9. The second kappa shape index (κ2) is 6.42. The second-order valence-electron chi connectivity index (χ2n) is 2.59. The third-order valence-corrected chi connectivity index (χ3v) is 1.53. The summed E-state index contributed by atoms with van der Waals surface area (Å²) in [5.74, 6) is -2.27. The Morgan fingerprint density at radius 3 is 2.38 bits per heavy atom. The number of methoxy groups -OCH3 is 1. The van der Waals surface area contributed by atoms with Crippen molar-refractivity contribution in [3.05, 3.63) is 0 Å². The van der Waals surface area contributed by atoms with E-state index in [1.54, 1.807) is 0 Å². The molecule has 0 saturated carbocycles. The number of nitrogens with zero attached hydrogens (tertiary/aromatic N) is 1. The molecule has 0 aromatic carbocycles. The van der Waals surface area contributed by atoms with Gasteiger partial charge >= 0.3 is 11.9 Å². The van der Waals surface area contributed by atoms with Gasteiger partial charge in [0.05, 0.1) is 6.61 Å². The van der Waals surface area contributed by atoms with E-state index in [9.17, 15) is 9.59 Å². The van der Waals surface area contributed by atoms with Gasteiger partial charge in [0.2, 0.25) is 0 Å². The van der Waals surface area contributed by atoms with E-state index in [1.165, 1.54) is 12.0 Å². The largest absolute Gasteiger partial charge is 0.474 e. The lowest BCUT2D eigenvalue weighted by Gasteiger charge is -2.18. The van der Waals surface area contributed by atoms with Crippen molar-refractivity contribution in [2.24, 2.45) is 0 Å². The van der Waals surface area contributed by atoms with Crippen molar-refractivity contribution in [1.82, 2.24) is 4.90 Å². The van der Waals surface area contributed by atoms with E-state index in [4.69, 9.17) is 9.84 Å². The van der Waals surface area contributed by atoms with E-state index in [0.29, 0.717) is 19.7 Å². The van der Waals surface area contributed by atoms with E-state index in [-0.39, 0.29) is 0 Å². The van der Waals surface area contributed by atoms with Crippen molar-refractivity contribution in [2.45, 2.75) is 13.3 Å². The minimum atomic E-state index is -1.41. The summed E-state index contributed by atoms with van der Waals surface area (Å²) in [5, 5.41) is 8.45. The summed E-state index contributed by atoms with van der Waals surface area (Å²) in [6, 6.07) is 0. The first-order valence-electron chi connectivity index (χ1n) is 4.14. The van der Waals surface area contributed by atoms with Gasteiger partial charge in [-0.05, 0) is 6.42 Å². The van der Waals surface area contributed by atoms with E-state index in [2.05, 4.69) is 0 Å². The van der Waals surface area contributed by atoms with E-state index in [0.717, 1.165) is 6.42 Å². The van der Waals surface area contributed by atoms with Crippen molar-refractivity contribution in [3.63, 3.8) is 0 Å². The van der Waals surface area contributed by atoms with Gasteiger partial charge in [-0.25, -0.2) is 4.79 Å². The Morgan fingerprint density at radius 2 is 2.00 bits per heavy atom. The van der Waals surface area contributed by atoms with Gasteiger partial charge in [-0.3, -0.25) is 4.79 Å². The zero-order valence-electron chi connectivity index (χ0n) is 7.95. The molecule has 0 atom stereocenters. The Balaban J connectivity index is 4.06. The molecule has 13 heavy (non-hydrogen) atoms. The summed E-state index contributed by atoms with van der Waals surface area (Å²) >= 11 is 0. The summed E-state index contributed by atoms with van der Waals surface area (Å²) < 4.78 is 4.76. The SMILES string of the molecule is CCCN(CCOC)C(=O)C(=O)O. The van der Waals surface area contributed by atoms with Crippen molar-refractivity contribution in [2.75, 3.05) is 26.8 Å². The number of rotatable bonds is 5. The number of carboxylic acids is 1. The van der Waals surface area contributed by atoms with Crippen LogP contribution < -0.4 is 0 Å². The van der Waals surface area contributed by atoms with Gasteiger partial charge in [0.1, 0.15) is 0 Å². The number of amides is 1. The van der Waals surface area contributed by atoms with Gasteiger partial charge in [-0.15, -0.1) is 0 Å². The summed E-state index contributed by atoms with van der Waals surface area (Å²) in [4.78, 5) is 22.6. The quantitative estimate of drug-likeness (QED) is 0.616. The molecular formula is C8H15NO4. The second-order valence-corrected chi connectivity index (χ2v) is 2.59. The van der Waals surface area contributed by atoms with Crippen molar-refractivity contribution in [3.8, 4) is 0 Å². The number of carbonyl (C=O) groups is 2. The van der Waals surface area contributed by atoms with E-state index in [1.807, 2.05) is 6.92 Å². The van der Waals surface area contributed by atoms with Gasteiger partial charge in [0.15, 0.2) is 0 Å². The Kier molecular flexibility index (Phi) is 5.88. The highest BCUT2D eigenvalue weighted by Crippen LogP contribution is 1.93. The van der Waals surface area contributed by atoms with Gasteiger partial charge in [0, 0.05) is 20.2 Å². The number of hydrogen-bond donors (Lipinski definition) is 1. The molecule has 5 nitrogen and oxygen atoms in total. The Bertz CT molecular complexity index is 181. The molecule has 0 heterocycles. The Hall–Kier alpha value is -1.10. The molecule has 0 aromatic heterocycles. The molecule has 0 bridgehead atoms. The lowest BCUT2D eigenvalue weighted by molar-refractivity contribution is -0.156. The number of aliphatic carboxylic acids is 1. The first-order valence-corrected chi connectivity index (χ1v) is 4.14. The van der Waals surface area contributed by atoms with Crippen LogP contribution in [-0.2, 0) is 14.3 Å². The molecule has 1 amide bonds. The van der Waals surface area contributed by atoms with Crippen LogP contribution in [0.4, 0.5) is 0 Å². The Labute approximate surface area is 77.3 Å². The summed E-state index contributed by atoms with van der Waals surface area (Å²) in [6.07, 6.45) is 0.739. The molecule has 0 aliphatic carbocycles. The van der Waals surface area contributed by atoms with Gasteiger partial charge in [0.25, 0.3) is 0 Å². The van der Waals surface area contributed by atoms with Crippen LogP contribution in [0.5, 0.6) is 0 Å². The Morgan fingerprint density at radius 1 is 1.38 bits per heavy atom. The van der Waals surface area contributed by atoms with Gasteiger partial charge in [-0.1, -0.05) is 6.92 Å². The highest BCUT2D eigenvalue weighted by atomic mass is 16.5. The predicted octanol–water partition coefficient (Wildman–Crippen LogP) is -0.0440. The van der Waals surface area contributed by atoms with Crippen LogP contribution in [-0.4, -0.2) is 48.7 Å². The van der Waals surface area contributed by atoms with Crippen LogP contribution in [0.25, 0.3) is 0 Å². The van der Waals surface area contributed by atoms with Crippen LogP contribution in [0.15, 0.2) is 0 Å². The van der Waals surface area contributed by atoms with Crippen LogP contribution in [0.1, 0.15) is 13.3 Å². The average Bonchev–Trinajstić information content (AvgIpc) is 2.11. The molecule has 0 saturated heterocycles. The first-order chi connectivity index (χ1) is 6.13. The fourth-order valence-corrected chi connectivity index (χ4v) is 0.922. The van der Waals surface area contributed by atoms with Gasteiger partial charge in [-0.2, -0.15) is 0 Å². The maximum atomic E-state index is 11.0. The van der Waals surface area contributed by atoms with E-state index < -0.39 is 11.9 Å². The molecule has 0 fully saturated rings. The number of carbonyl (C=O) groups excluding carboxylic acids is 1. The zero-order chi connectivity index (χ0) is 10.3. The third-order valence-electron chi connectivity index (χ3n) is 1.53. The molecule has 0 spiro atoms. The smallest absolute Gasteiger partial charge is 0.394 e. The van der Waals surface area contributed by atoms with Crippen molar-refractivity contribution in [1.29, 1.82) is 0 Å². The summed E-state index contributed by atoms with van der Waals surface area (Å²) in [7, 11) is 1.51. The molecule has 76 valence electrons. The standard InChI is InChI=1S/C8H15NO4/c1-3-4-9(5-6-13-2)7(10)8(11)12/h3-6H2,1-2H3,(H,11,12). The van der Waals surface area contributed by atoms with Crippen LogP contribution in [0.3, 0.4) is 0 Å². The molecule has 0 aliphatic heterocycles. The fourth-order valence-electron chi connectivity index (χ4n) is 0.922. The summed E-state index contributed by atoms with van der Waals surface area (Å²) in [5.41, 5.74) is 0. The fraction of sp³-hybridized carbons (Fsp3) is 0.750. The van der Waals surface area contributed by atoms with Crippen LogP contribution >= 0.6 is 0 Å². The molecule has 5 heteroatoms. The maximum absolute atomic E-state index is 11.0. The van der Waals surface area contributed by atoms with E-state index >= 15 is 0 Å². The third kappa shape index (κ3) is 4.47. The van der Waals surface area contributed by atoms with Crippen LogP contribution in [0, 0.1) is 0 Å². The van der Waals surface area contributed by atoms with Crippen LogP contribution in [0.2, 0.25) is 0 Å². The zero-order valence-corrected chi connectivity index (χ0v) is 7.95. The average molecular weight is 189 g/mol. The molecular weight excluding hydrogens is 174 g/mol. The molecule has 0 rings (SSSR count). The van der Waals surface area contributed by atoms with Crippen molar-refractivity contribution < 1.29 is 19.4 Å². The lowest BCUT2D eigenvalue weighted by atomic mass is 10.4. The molecule has 0 radical (unpaired) electrons. The highest BCUT2D eigenvalue weighted by Gasteiger charge is 2.19. The normalized spacial score (nSPS) is 9.69. The minimum absolute atomic E-state index is 0.329. The van der Waals surface area contributed by atoms with Gasteiger partial charge < -0.3 is 14.7 Å². The molecule has 0 aromatic rings. The minimum Gasteiger partial charge on any atom is -0.474 e. The molecule has 1 N–H and O–H groups in total. The number of carboxylic acid groups (broad SMARTS) is 1. The lowest BCUT2D eigenvalue weighted by Crippen LogP contribution is -2.39. The predicted molar refractivity (Wildman–Crippen MR) is 46.4 cm³/mol. The van der Waals surface area contributed by atoms with Crippen molar-refractivity contribution >= 4 is 11.9 Å². The maximum Gasteiger partial charge on any atom is 0.394 e. The number of hydrogen-bond acceptors (Lipinski definition) is 3. The topological polar surface area (TPSA) is 66.8 Å². The molecule has 0 aliphatic rings.